The number of urea groups is 1. The highest BCUT2D eigenvalue weighted by atomic mass is 32.3. The number of fused-ring (bicyclic) bond motifs is 2. The quantitative estimate of drug-likeness (QED) is 0.310. The van der Waals surface area contributed by atoms with E-state index in [0.29, 0.717) is 31.0 Å². The van der Waals surface area contributed by atoms with Gasteiger partial charge >= 0.3 is 16.4 Å². The zero-order valence-corrected chi connectivity index (χ0v) is 14.1. The Labute approximate surface area is 145 Å². The maximum Gasteiger partial charge on any atom is 0.418 e. The van der Waals surface area contributed by atoms with Crippen molar-refractivity contribution in [2.75, 3.05) is 19.6 Å². The van der Waals surface area contributed by atoms with E-state index >= 15 is 0 Å². The molecule has 3 aliphatic heterocycles. The Morgan fingerprint density at radius 1 is 1.36 bits per heavy atom. The minimum Gasteiger partial charge on any atom is -0.351 e. The normalized spacial score (nSPS) is 27.6. The van der Waals surface area contributed by atoms with Gasteiger partial charge in [-0.25, -0.2) is 4.79 Å². The van der Waals surface area contributed by atoms with Crippen LogP contribution in [0.4, 0.5) is 4.79 Å². The summed E-state index contributed by atoms with van der Waals surface area (Å²) >= 11 is 0. The third-order valence-corrected chi connectivity index (χ3v) is 5.02. The molecule has 3 rings (SSSR count). The van der Waals surface area contributed by atoms with E-state index in [-0.39, 0.29) is 24.9 Å². The lowest BCUT2D eigenvalue weighted by molar-refractivity contribution is -0.127. The van der Waals surface area contributed by atoms with Crippen LogP contribution in [0.2, 0.25) is 0 Å². The zero-order chi connectivity index (χ0) is 18.2. The molecule has 1 radical (unpaired) electrons. The first kappa shape index (κ1) is 18.1. The van der Waals surface area contributed by atoms with Crippen molar-refractivity contribution in [1.29, 1.82) is 0 Å². The first-order valence-electron chi connectivity index (χ1n) is 7.88. The van der Waals surface area contributed by atoms with Crippen LogP contribution >= 0.6 is 0 Å². The number of amides is 3. The number of hydrogen-bond donors (Lipinski definition) is 2. The van der Waals surface area contributed by atoms with Gasteiger partial charge in [0.05, 0.1) is 12.2 Å². The van der Waals surface area contributed by atoms with Crippen LogP contribution in [-0.2, 0) is 24.3 Å². The molecule has 0 aliphatic carbocycles. The predicted molar refractivity (Wildman–Crippen MR) is 84.0 cm³/mol. The van der Waals surface area contributed by atoms with Crippen LogP contribution in [0.25, 0.3) is 0 Å². The van der Waals surface area contributed by atoms with Crippen molar-refractivity contribution in [3.63, 3.8) is 0 Å². The molecule has 3 heterocycles. The van der Waals surface area contributed by atoms with Crippen molar-refractivity contribution >= 4 is 35.9 Å². The van der Waals surface area contributed by atoms with E-state index in [9.17, 15) is 22.8 Å². The molecule has 0 aromatic heterocycles. The monoisotopic (exact) mass is 373 g/mol. The van der Waals surface area contributed by atoms with Crippen LogP contribution in [-0.4, -0.2) is 91.0 Å². The fourth-order valence-corrected chi connectivity index (χ4v) is 3.89. The average molecular weight is 373 g/mol. The Bertz CT molecular complexity index is 666. The third kappa shape index (κ3) is 3.94. The van der Waals surface area contributed by atoms with Crippen molar-refractivity contribution < 1.29 is 31.6 Å². The van der Waals surface area contributed by atoms with Gasteiger partial charge in [-0.15, -0.1) is 4.28 Å². The number of nitrogens with one attached hydrogen (secondary N) is 1. The van der Waals surface area contributed by atoms with Gasteiger partial charge in [-0.3, -0.25) is 9.35 Å². The van der Waals surface area contributed by atoms with Gasteiger partial charge in [0.25, 0.3) is 7.41 Å². The number of hydroxylamine groups is 2. The van der Waals surface area contributed by atoms with Gasteiger partial charge in [-0.1, -0.05) is 0 Å². The molecule has 137 valence electrons. The molecule has 0 aromatic carbocycles. The zero-order valence-electron chi connectivity index (χ0n) is 13.3. The highest BCUT2D eigenvalue weighted by Crippen LogP contribution is 2.32. The summed E-state index contributed by atoms with van der Waals surface area (Å²) in [7, 11) is -3.31. The highest BCUT2D eigenvalue weighted by Gasteiger charge is 2.53. The summed E-state index contributed by atoms with van der Waals surface area (Å²) in [6.45, 7) is 1.49. The molecular formula is C12H18BN4O7S. The smallest absolute Gasteiger partial charge is 0.351 e. The molecule has 2 N–H and O–H groups in total. The van der Waals surface area contributed by atoms with Crippen molar-refractivity contribution in [1.82, 2.24) is 20.1 Å². The third-order valence-electron chi connectivity index (χ3n) is 4.67. The fourth-order valence-electron chi connectivity index (χ4n) is 3.50. The lowest BCUT2D eigenvalue weighted by Gasteiger charge is -2.33. The molecule has 0 unspecified atom stereocenters. The Hall–Kier alpha value is -1.70. The molecule has 2 atom stereocenters. The van der Waals surface area contributed by atoms with Crippen molar-refractivity contribution in [2.24, 2.45) is 0 Å². The van der Waals surface area contributed by atoms with Gasteiger partial charge in [0, 0.05) is 19.0 Å². The van der Waals surface area contributed by atoms with E-state index in [0.717, 1.165) is 6.19 Å². The summed E-state index contributed by atoms with van der Waals surface area (Å²) in [5, 5.41) is 3.49. The second kappa shape index (κ2) is 6.90. The summed E-state index contributed by atoms with van der Waals surface area (Å²) < 4.78 is 34.5. The second-order valence-electron chi connectivity index (χ2n) is 6.27. The summed E-state index contributed by atoms with van der Waals surface area (Å²) in [5.74, 6) is -0.292. The van der Waals surface area contributed by atoms with Crippen molar-refractivity contribution in [2.45, 2.75) is 37.4 Å². The average Bonchev–Trinajstić information content (AvgIpc) is 3.09. The summed E-state index contributed by atoms with van der Waals surface area (Å²) in [6, 6.07) is -2.08. The summed E-state index contributed by atoms with van der Waals surface area (Å²) in [4.78, 5) is 38.1. The van der Waals surface area contributed by atoms with Gasteiger partial charge < -0.3 is 19.8 Å². The molecule has 2 bridgehead atoms. The molecule has 3 fully saturated rings. The maximum absolute atomic E-state index is 12.4. The lowest BCUT2D eigenvalue weighted by atomic mass is 9.89. The minimum absolute atomic E-state index is 0.0376. The molecule has 3 aliphatic rings. The Morgan fingerprint density at radius 2 is 2.04 bits per heavy atom. The van der Waals surface area contributed by atoms with Gasteiger partial charge in [0.15, 0.2) is 0 Å². The van der Waals surface area contributed by atoms with Crippen LogP contribution in [0.3, 0.4) is 0 Å². The van der Waals surface area contributed by atoms with Crippen LogP contribution in [0, 0.1) is 0 Å². The van der Waals surface area contributed by atoms with Gasteiger partial charge in [-0.05, 0) is 25.9 Å². The standard InChI is InChI=1S/C12H18BN4O7S/c18-7-13-15-3-1-8(2-4-15)14-11(19)10-5-9-6-16(10)12(20)17(9)24-25(21,22)23/h7-10H,1-6H2,(H,14,19)(H,21,22,23)/t9-,10-/m0/s1. The summed E-state index contributed by atoms with van der Waals surface area (Å²) in [6.07, 6.45) is 2.34. The maximum atomic E-state index is 12.4. The molecular weight excluding hydrogens is 355 g/mol. The molecule has 3 saturated heterocycles. The number of rotatable bonds is 6. The van der Waals surface area contributed by atoms with Crippen LogP contribution < -0.4 is 5.32 Å². The molecule has 3 amide bonds. The van der Waals surface area contributed by atoms with Gasteiger partial charge in [0.1, 0.15) is 6.04 Å². The van der Waals surface area contributed by atoms with Crippen LogP contribution in [0.15, 0.2) is 0 Å². The number of hydrogen-bond acceptors (Lipinski definition) is 7. The van der Waals surface area contributed by atoms with Gasteiger partial charge in [-0.2, -0.15) is 13.5 Å². The van der Waals surface area contributed by atoms with Gasteiger partial charge in [0.2, 0.25) is 5.91 Å². The van der Waals surface area contributed by atoms with Crippen LogP contribution in [0.5, 0.6) is 0 Å². The second-order valence-corrected chi connectivity index (χ2v) is 7.28. The van der Waals surface area contributed by atoms with E-state index in [2.05, 4.69) is 9.60 Å². The van der Waals surface area contributed by atoms with E-state index in [1.165, 1.54) is 12.3 Å². The fraction of sp³-hybridized carbons (Fsp3) is 0.750. The highest BCUT2D eigenvalue weighted by molar-refractivity contribution is 7.80. The minimum atomic E-state index is -4.79. The Morgan fingerprint density at radius 3 is 2.60 bits per heavy atom. The molecule has 0 aromatic rings. The molecule has 11 nitrogen and oxygen atoms in total. The van der Waals surface area contributed by atoms with Crippen molar-refractivity contribution in [3.8, 4) is 0 Å². The topological polar surface area (TPSA) is 137 Å². The summed E-state index contributed by atoms with van der Waals surface area (Å²) in [5.41, 5.74) is 0. The van der Waals surface area contributed by atoms with E-state index < -0.39 is 28.5 Å². The first-order chi connectivity index (χ1) is 11.8. The first-order valence-corrected chi connectivity index (χ1v) is 9.25. The predicted octanol–water partition coefficient (Wildman–Crippen LogP) is -2.01. The molecule has 25 heavy (non-hydrogen) atoms. The Kier molecular flexibility index (Phi) is 5.00. The van der Waals surface area contributed by atoms with E-state index in [4.69, 9.17) is 4.55 Å². The molecule has 0 spiro atoms. The van der Waals surface area contributed by atoms with E-state index in [1.807, 2.05) is 4.81 Å². The van der Waals surface area contributed by atoms with Crippen LogP contribution in [0.1, 0.15) is 19.3 Å². The number of nitrogens with zero attached hydrogens (tertiary/aromatic N) is 3. The number of carbonyl (C=O) groups is 3. The number of carbonyl (C=O) groups excluding carboxylic acids is 3. The van der Waals surface area contributed by atoms with Crippen molar-refractivity contribution in [3.05, 3.63) is 0 Å². The number of piperidine rings is 1. The SMILES string of the molecule is O=C[B]N1CCC(NC(=O)[C@@H]2C[C@H]3CN2C(=O)N3OS(=O)(=O)O)CC1. The largest absolute Gasteiger partial charge is 0.418 e. The lowest BCUT2D eigenvalue weighted by Crippen LogP contribution is -2.54. The van der Waals surface area contributed by atoms with E-state index in [1.54, 1.807) is 0 Å². The Balaban J connectivity index is 1.52. The molecule has 13 heteroatoms. The molecule has 0 saturated carbocycles.